The summed E-state index contributed by atoms with van der Waals surface area (Å²) in [4.78, 5) is 84.2. The Balaban J connectivity index is 0.768. The predicted octanol–water partition coefficient (Wildman–Crippen LogP) is 5.68. The molecule has 5 amide bonds. The first-order valence-corrected chi connectivity index (χ1v) is 24.3. The Morgan fingerprint density at radius 1 is 0.985 bits per heavy atom. The molecular formula is C50H61N11O6S. The number of imidazole rings is 1. The SMILES string of the molecule is Cc1ncsc1-c1ccc(CNC(=O)[C@@H]2C[C@@H](O)CN2C(=O)[C@@H](NC(=O)CCCC(=O)NCCn2ncc3cc(C(=O)Nc4ccc5[nH]c(CN6CCC[C@@H]6C)nc5c4)ccc32)C(C)(C)C)cc1. The number of aliphatic hydroxyl groups is 1. The first-order valence-electron chi connectivity index (χ1n) is 23.4. The van der Waals surface area contributed by atoms with Crippen LogP contribution in [0.5, 0.6) is 0 Å². The summed E-state index contributed by atoms with van der Waals surface area (Å²) in [6, 6.07) is 17.6. The van der Waals surface area contributed by atoms with Crippen LogP contribution in [-0.4, -0.2) is 113 Å². The van der Waals surface area contributed by atoms with Crippen LogP contribution in [-0.2, 0) is 38.8 Å². The van der Waals surface area contributed by atoms with Crippen LogP contribution in [0.25, 0.3) is 32.4 Å². The molecule has 68 heavy (non-hydrogen) atoms. The smallest absolute Gasteiger partial charge is 0.255 e. The number of carbonyl (C=O) groups is 5. The molecule has 4 atom stereocenters. The maximum atomic E-state index is 14.0. The number of aromatic nitrogens is 5. The molecule has 0 spiro atoms. The lowest BCUT2D eigenvalue weighted by Crippen LogP contribution is -2.57. The van der Waals surface area contributed by atoms with Gasteiger partial charge in [0, 0.05) is 61.6 Å². The van der Waals surface area contributed by atoms with E-state index < -0.39 is 35.4 Å². The lowest BCUT2D eigenvalue weighted by atomic mass is 9.85. The number of rotatable bonds is 17. The van der Waals surface area contributed by atoms with Gasteiger partial charge in [-0.2, -0.15) is 5.10 Å². The van der Waals surface area contributed by atoms with Crippen molar-refractivity contribution in [3.8, 4) is 10.4 Å². The Labute approximate surface area is 399 Å². The number of hydrogen-bond donors (Lipinski definition) is 6. The Morgan fingerprint density at radius 3 is 2.51 bits per heavy atom. The number of aryl methyl sites for hydroxylation is 1. The number of benzene rings is 3. The molecular weight excluding hydrogens is 883 g/mol. The number of β-amino-alcohol motifs (C(OH)–C–C–N with tert-alkyl or cyclic N) is 1. The third-order valence-electron chi connectivity index (χ3n) is 12.9. The fourth-order valence-electron chi connectivity index (χ4n) is 9.05. The molecule has 6 aromatic rings. The van der Waals surface area contributed by atoms with Crippen molar-refractivity contribution in [3.05, 3.63) is 95.0 Å². The van der Waals surface area contributed by atoms with Gasteiger partial charge in [0.05, 0.1) is 58.0 Å². The zero-order valence-corrected chi connectivity index (χ0v) is 40.1. The minimum Gasteiger partial charge on any atom is -0.391 e. The minimum absolute atomic E-state index is 0.0116. The zero-order valence-electron chi connectivity index (χ0n) is 39.3. The largest absolute Gasteiger partial charge is 0.391 e. The van der Waals surface area contributed by atoms with Crippen molar-refractivity contribution >= 4 is 68.5 Å². The molecule has 0 bridgehead atoms. The van der Waals surface area contributed by atoms with Crippen molar-refractivity contribution in [1.82, 2.24) is 50.5 Å². The van der Waals surface area contributed by atoms with Crippen LogP contribution < -0.4 is 21.3 Å². The number of nitrogens with zero attached hydrogens (tertiary/aromatic N) is 6. The molecule has 6 N–H and O–H groups in total. The number of anilines is 1. The average molecular weight is 944 g/mol. The van der Waals surface area contributed by atoms with Gasteiger partial charge in [0.15, 0.2) is 0 Å². The second kappa shape index (κ2) is 20.8. The Hall–Kier alpha value is -6.50. The second-order valence-corrected chi connectivity index (χ2v) is 20.0. The lowest BCUT2D eigenvalue weighted by Gasteiger charge is -2.35. The van der Waals surface area contributed by atoms with Crippen LogP contribution in [0, 0.1) is 12.3 Å². The highest BCUT2D eigenvalue weighted by atomic mass is 32.1. The summed E-state index contributed by atoms with van der Waals surface area (Å²) in [5.41, 5.74) is 7.65. The monoisotopic (exact) mass is 943 g/mol. The number of aliphatic hydroxyl groups excluding tert-OH is 1. The van der Waals surface area contributed by atoms with E-state index in [-0.39, 0.29) is 56.5 Å². The molecule has 358 valence electrons. The van der Waals surface area contributed by atoms with E-state index in [4.69, 9.17) is 4.98 Å². The molecule has 2 fully saturated rings. The topological polar surface area (TPSA) is 220 Å². The molecule has 8 rings (SSSR count). The van der Waals surface area contributed by atoms with Gasteiger partial charge in [-0.3, -0.25) is 33.6 Å². The number of amides is 5. The molecule has 0 unspecified atom stereocenters. The number of H-pyrrole nitrogens is 1. The summed E-state index contributed by atoms with van der Waals surface area (Å²) in [7, 11) is 0. The quantitative estimate of drug-likeness (QED) is 0.0658. The molecule has 3 aromatic heterocycles. The van der Waals surface area contributed by atoms with Crippen LogP contribution in [0.4, 0.5) is 5.69 Å². The van der Waals surface area contributed by atoms with Gasteiger partial charge in [0.2, 0.25) is 23.6 Å². The van der Waals surface area contributed by atoms with Crippen molar-refractivity contribution < 1.29 is 29.1 Å². The molecule has 2 aliphatic rings. The number of thiazole rings is 1. The van der Waals surface area contributed by atoms with E-state index in [2.05, 4.69) is 48.2 Å². The highest BCUT2D eigenvalue weighted by Gasteiger charge is 2.44. The maximum Gasteiger partial charge on any atom is 0.255 e. The van der Waals surface area contributed by atoms with Crippen molar-refractivity contribution in [2.24, 2.45) is 5.41 Å². The summed E-state index contributed by atoms with van der Waals surface area (Å²) < 4.78 is 1.76. The van der Waals surface area contributed by atoms with Gasteiger partial charge in [-0.25, -0.2) is 9.97 Å². The Kier molecular flexibility index (Phi) is 14.7. The molecule has 0 radical (unpaired) electrons. The third-order valence-corrected chi connectivity index (χ3v) is 13.9. The number of carbonyl (C=O) groups excluding carboxylic acids is 5. The van der Waals surface area contributed by atoms with Crippen molar-refractivity contribution in [2.45, 2.75) is 117 Å². The highest BCUT2D eigenvalue weighted by molar-refractivity contribution is 7.13. The molecule has 3 aromatic carbocycles. The van der Waals surface area contributed by atoms with Crippen molar-refractivity contribution in [2.75, 3.05) is 25.0 Å². The third kappa shape index (κ3) is 11.4. The van der Waals surface area contributed by atoms with E-state index in [9.17, 15) is 29.1 Å². The minimum atomic E-state index is -0.971. The highest BCUT2D eigenvalue weighted by Crippen LogP contribution is 2.29. The number of nitrogens with one attached hydrogen (secondary N) is 5. The average Bonchev–Trinajstić information content (AvgIpc) is 4.17. The van der Waals surface area contributed by atoms with Crippen LogP contribution in [0.15, 0.2) is 72.4 Å². The van der Waals surface area contributed by atoms with Gasteiger partial charge >= 0.3 is 0 Å². The summed E-state index contributed by atoms with van der Waals surface area (Å²) >= 11 is 1.57. The number of hydrogen-bond acceptors (Lipinski definition) is 11. The molecule has 17 nitrogen and oxygen atoms in total. The molecule has 18 heteroatoms. The lowest BCUT2D eigenvalue weighted by molar-refractivity contribution is -0.144. The molecule has 5 heterocycles. The summed E-state index contributed by atoms with van der Waals surface area (Å²) in [5, 5.41) is 27.5. The number of aromatic amines is 1. The second-order valence-electron chi connectivity index (χ2n) is 19.1. The maximum absolute atomic E-state index is 14.0. The van der Waals surface area contributed by atoms with E-state index in [1.54, 1.807) is 34.3 Å². The fraction of sp³-hybridized carbons (Fsp3) is 0.440. The van der Waals surface area contributed by atoms with Crippen LogP contribution in [0.3, 0.4) is 0 Å². The van der Waals surface area contributed by atoms with Crippen LogP contribution in [0.2, 0.25) is 0 Å². The molecule has 2 aliphatic heterocycles. The van der Waals surface area contributed by atoms with E-state index >= 15 is 0 Å². The molecule has 0 aliphatic carbocycles. The van der Waals surface area contributed by atoms with Gasteiger partial charge in [-0.15, -0.1) is 11.3 Å². The van der Waals surface area contributed by atoms with E-state index in [1.807, 2.05) is 81.7 Å². The van der Waals surface area contributed by atoms with Gasteiger partial charge < -0.3 is 36.3 Å². The van der Waals surface area contributed by atoms with Crippen molar-refractivity contribution in [1.29, 1.82) is 0 Å². The fourth-order valence-corrected chi connectivity index (χ4v) is 9.87. The Bertz CT molecular complexity index is 2790. The van der Waals surface area contributed by atoms with Gasteiger partial charge in [-0.1, -0.05) is 45.0 Å². The van der Waals surface area contributed by atoms with Gasteiger partial charge in [0.25, 0.3) is 5.91 Å². The van der Waals surface area contributed by atoms with Gasteiger partial charge in [-0.05, 0) is 92.6 Å². The summed E-state index contributed by atoms with van der Waals surface area (Å²) in [6.45, 7) is 12.5. The van der Waals surface area contributed by atoms with Crippen LogP contribution in [0.1, 0.15) is 93.7 Å². The molecule has 0 saturated carbocycles. The predicted molar refractivity (Wildman–Crippen MR) is 261 cm³/mol. The van der Waals surface area contributed by atoms with E-state index in [0.717, 1.165) is 62.5 Å². The number of likely N-dealkylation sites (tertiary alicyclic amines) is 2. The standard InChI is InChI=1S/C50H61N11O6S/c1-30-8-7-20-59(30)28-42-56-38-17-16-36(23-39(38)57-42)55-47(65)34-15-18-40-35(22-34)26-54-61(40)21-19-51-43(63)9-6-10-44(64)58-46(50(3,4)5)49(67)60-27-37(62)24-41(60)48(66)52-25-32-11-13-33(14-12-32)45-31(2)53-29-68-45/h11-18,22-23,26,29-30,37,41,46,62H,6-10,19-21,24-25,27-28H2,1-5H3,(H,51,63)(H,52,66)(H,55,65)(H,56,57)(H,58,64)/t30-,37+,41-,46+/m0/s1. The molecule has 2 saturated heterocycles. The Morgan fingerprint density at radius 2 is 1.78 bits per heavy atom. The zero-order chi connectivity index (χ0) is 48.1. The van der Waals surface area contributed by atoms with Gasteiger partial charge in [0.1, 0.15) is 17.9 Å². The first-order chi connectivity index (χ1) is 32.6. The first kappa shape index (κ1) is 48.0. The van der Waals surface area contributed by atoms with E-state index in [1.165, 1.54) is 17.7 Å². The summed E-state index contributed by atoms with van der Waals surface area (Å²) in [6.07, 6.45) is 3.66. The van der Waals surface area contributed by atoms with E-state index in [0.29, 0.717) is 30.4 Å². The van der Waals surface area contributed by atoms with Crippen LogP contribution >= 0.6 is 11.3 Å². The number of fused-ring (bicyclic) bond motifs is 2. The normalized spacial score (nSPS) is 18.0. The van der Waals surface area contributed by atoms with Crippen molar-refractivity contribution in [3.63, 3.8) is 0 Å². The summed E-state index contributed by atoms with van der Waals surface area (Å²) in [5.74, 6) is -0.788.